The van der Waals surface area contributed by atoms with Crippen molar-refractivity contribution in [2.45, 2.75) is 20.0 Å². The second-order valence-corrected chi connectivity index (χ2v) is 5.50. The normalized spacial score (nSPS) is 16.0. The molecule has 0 aromatic carbocycles. The largest absolute Gasteiger partial charge is 0.503 e. The number of rotatable bonds is 4. The molecule has 0 bridgehead atoms. The van der Waals surface area contributed by atoms with Crippen molar-refractivity contribution in [2.75, 3.05) is 26.3 Å². The minimum atomic E-state index is -0.337. The van der Waals surface area contributed by atoms with E-state index >= 15 is 0 Å². The predicted molar refractivity (Wildman–Crippen MR) is 81.0 cm³/mol. The molecule has 0 aliphatic carbocycles. The van der Waals surface area contributed by atoms with E-state index in [9.17, 15) is 9.90 Å². The van der Waals surface area contributed by atoms with Gasteiger partial charge >= 0.3 is 0 Å². The minimum absolute atomic E-state index is 0.177. The Morgan fingerprint density at radius 3 is 2.73 bits per heavy atom. The van der Waals surface area contributed by atoms with Gasteiger partial charge in [0.05, 0.1) is 31.7 Å². The third-order valence-corrected chi connectivity index (χ3v) is 3.97. The van der Waals surface area contributed by atoms with E-state index in [1.54, 1.807) is 6.26 Å². The van der Waals surface area contributed by atoms with Crippen molar-refractivity contribution >= 4 is 0 Å². The van der Waals surface area contributed by atoms with Gasteiger partial charge in [-0.3, -0.25) is 9.69 Å². The fourth-order valence-corrected chi connectivity index (χ4v) is 2.73. The smallest absolute Gasteiger partial charge is 0.223 e. The summed E-state index contributed by atoms with van der Waals surface area (Å²) in [6.45, 7) is 5.82. The van der Waals surface area contributed by atoms with E-state index in [2.05, 4.69) is 4.90 Å². The van der Waals surface area contributed by atoms with E-state index in [1.165, 1.54) is 6.07 Å². The highest BCUT2D eigenvalue weighted by atomic mass is 16.5. The number of ether oxygens (including phenoxy) is 1. The Morgan fingerprint density at radius 1 is 1.27 bits per heavy atom. The highest BCUT2D eigenvalue weighted by Gasteiger charge is 2.19. The first-order chi connectivity index (χ1) is 10.6. The third kappa shape index (κ3) is 3.08. The highest BCUT2D eigenvalue weighted by molar-refractivity contribution is 5.30. The molecule has 1 fully saturated rings. The van der Waals surface area contributed by atoms with Gasteiger partial charge in [-0.2, -0.15) is 0 Å². The molecule has 0 spiro atoms. The standard InChI is InChI=1S/C16H20N2O4/c1-12-9-15(19)16(20)14(11-17-4-7-21-8-5-17)18(12)10-13-3-2-6-22-13/h2-3,6,9,20H,4-5,7-8,10-11H2,1H3. The molecule has 0 saturated carbocycles. The van der Waals surface area contributed by atoms with Crippen LogP contribution in [0.3, 0.4) is 0 Å². The number of nitrogens with zero attached hydrogens (tertiary/aromatic N) is 2. The van der Waals surface area contributed by atoms with E-state index < -0.39 is 0 Å². The molecule has 22 heavy (non-hydrogen) atoms. The van der Waals surface area contributed by atoms with Crippen molar-refractivity contribution in [3.05, 3.63) is 51.8 Å². The van der Waals surface area contributed by atoms with Gasteiger partial charge in [0, 0.05) is 31.4 Å². The molecule has 1 aliphatic heterocycles. The van der Waals surface area contributed by atoms with E-state index in [4.69, 9.17) is 9.15 Å². The molecule has 0 radical (unpaired) electrons. The molecular weight excluding hydrogens is 284 g/mol. The summed E-state index contributed by atoms with van der Waals surface area (Å²) in [7, 11) is 0. The fraction of sp³-hybridized carbons (Fsp3) is 0.438. The second kappa shape index (κ2) is 6.37. The summed E-state index contributed by atoms with van der Waals surface area (Å²) in [5.74, 6) is 0.609. The summed E-state index contributed by atoms with van der Waals surface area (Å²) in [4.78, 5) is 14.1. The van der Waals surface area contributed by atoms with Crippen LogP contribution in [0.25, 0.3) is 0 Å². The van der Waals surface area contributed by atoms with Gasteiger partial charge in [-0.15, -0.1) is 0 Å². The Bertz CT molecular complexity index is 685. The van der Waals surface area contributed by atoms with Crippen LogP contribution in [0, 0.1) is 6.92 Å². The second-order valence-electron chi connectivity index (χ2n) is 5.50. The van der Waals surface area contributed by atoms with Crippen LogP contribution in [0.5, 0.6) is 5.75 Å². The van der Waals surface area contributed by atoms with E-state index in [0.29, 0.717) is 32.0 Å². The average molecular weight is 304 g/mol. The summed E-state index contributed by atoms with van der Waals surface area (Å²) in [6, 6.07) is 5.17. The molecule has 1 saturated heterocycles. The number of aryl methyl sites for hydroxylation is 1. The lowest BCUT2D eigenvalue weighted by Crippen LogP contribution is -2.37. The Morgan fingerprint density at radius 2 is 2.05 bits per heavy atom. The monoisotopic (exact) mass is 304 g/mol. The Labute approximate surface area is 128 Å². The van der Waals surface area contributed by atoms with E-state index in [1.807, 2.05) is 23.6 Å². The average Bonchev–Trinajstić information content (AvgIpc) is 3.02. The number of aromatic nitrogens is 1. The molecule has 2 aromatic heterocycles. The number of morpholine rings is 1. The van der Waals surface area contributed by atoms with Gasteiger partial charge in [-0.05, 0) is 19.1 Å². The zero-order valence-corrected chi connectivity index (χ0v) is 12.6. The molecule has 3 rings (SSSR count). The summed E-state index contributed by atoms with van der Waals surface area (Å²) in [6.07, 6.45) is 1.62. The molecule has 6 nitrogen and oxygen atoms in total. The maximum atomic E-state index is 11.9. The first-order valence-electron chi connectivity index (χ1n) is 7.40. The topological polar surface area (TPSA) is 67.8 Å². The van der Waals surface area contributed by atoms with Crippen LogP contribution in [0.4, 0.5) is 0 Å². The fourth-order valence-electron chi connectivity index (χ4n) is 2.73. The number of aromatic hydroxyl groups is 1. The molecule has 2 aromatic rings. The Kier molecular flexibility index (Phi) is 4.31. The molecule has 0 amide bonds. The molecular formula is C16H20N2O4. The van der Waals surface area contributed by atoms with Crippen LogP contribution in [0.1, 0.15) is 17.1 Å². The van der Waals surface area contributed by atoms with Crippen LogP contribution in [-0.2, 0) is 17.8 Å². The zero-order chi connectivity index (χ0) is 15.5. The lowest BCUT2D eigenvalue weighted by atomic mass is 10.2. The van der Waals surface area contributed by atoms with Crippen molar-refractivity contribution in [1.29, 1.82) is 0 Å². The molecule has 3 heterocycles. The van der Waals surface area contributed by atoms with Gasteiger partial charge in [-0.25, -0.2) is 0 Å². The van der Waals surface area contributed by atoms with E-state index in [-0.39, 0.29) is 11.2 Å². The van der Waals surface area contributed by atoms with Crippen molar-refractivity contribution in [3.63, 3.8) is 0 Å². The van der Waals surface area contributed by atoms with Gasteiger partial charge in [0.15, 0.2) is 5.75 Å². The maximum Gasteiger partial charge on any atom is 0.223 e. The lowest BCUT2D eigenvalue weighted by Gasteiger charge is -2.28. The quantitative estimate of drug-likeness (QED) is 0.923. The molecule has 1 N–H and O–H groups in total. The Hall–Kier alpha value is -2.05. The number of hydrogen-bond donors (Lipinski definition) is 1. The number of hydrogen-bond acceptors (Lipinski definition) is 5. The minimum Gasteiger partial charge on any atom is -0.503 e. The van der Waals surface area contributed by atoms with Crippen LogP contribution in [0.2, 0.25) is 0 Å². The van der Waals surface area contributed by atoms with Crippen LogP contribution in [0.15, 0.2) is 33.7 Å². The van der Waals surface area contributed by atoms with Crippen LogP contribution in [-0.4, -0.2) is 40.9 Å². The SMILES string of the molecule is Cc1cc(=O)c(O)c(CN2CCOCC2)n1Cc1ccco1. The van der Waals surface area contributed by atoms with E-state index in [0.717, 1.165) is 24.5 Å². The molecule has 0 unspecified atom stereocenters. The van der Waals surface area contributed by atoms with Crippen LogP contribution < -0.4 is 5.43 Å². The van der Waals surface area contributed by atoms with Crippen LogP contribution >= 0.6 is 0 Å². The third-order valence-electron chi connectivity index (χ3n) is 3.97. The van der Waals surface area contributed by atoms with Crippen molar-refractivity contribution in [2.24, 2.45) is 0 Å². The van der Waals surface area contributed by atoms with Gasteiger partial charge in [0.2, 0.25) is 5.43 Å². The number of pyridine rings is 1. The zero-order valence-electron chi connectivity index (χ0n) is 12.6. The van der Waals surface area contributed by atoms with Crippen molar-refractivity contribution in [3.8, 4) is 5.75 Å². The van der Waals surface area contributed by atoms with Gasteiger partial charge in [-0.1, -0.05) is 0 Å². The van der Waals surface area contributed by atoms with Crippen molar-refractivity contribution in [1.82, 2.24) is 9.47 Å². The highest BCUT2D eigenvalue weighted by Crippen LogP contribution is 2.19. The van der Waals surface area contributed by atoms with Gasteiger partial charge < -0.3 is 18.8 Å². The summed E-state index contributed by atoms with van der Waals surface area (Å²) in [5.41, 5.74) is 1.10. The lowest BCUT2D eigenvalue weighted by molar-refractivity contribution is 0.0327. The molecule has 0 atom stereocenters. The predicted octanol–water partition coefficient (Wildman–Crippen LogP) is 1.34. The first kappa shape index (κ1) is 14.9. The molecule has 1 aliphatic rings. The Balaban J connectivity index is 1.95. The molecule has 6 heteroatoms. The molecule has 118 valence electrons. The summed E-state index contributed by atoms with van der Waals surface area (Å²) in [5, 5.41) is 10.2. The summed E-state index contributed by atoms with van der Waals surface area (Å²) >= 11 is 0. The van der Waals surface area contributed by atoms with Gasteiger partial charge in [0.1, 0.15) is 5.76 Å². The maximum absolute atomic E-state index is 11.9. The van der Waals surface area contributed by atoms with Crippen molar-refractivity contribution < 1.29 is 14.3 Å². The number of furan rings is 1. The first-order valence-corrected chi connectivity index (χ1v) is 7.40. The van der Waals surface area contributed by atoms with Gasteiger partial charge in [0.25, 0.3) is 0 Å². The summed E-state index contributed by atoms with van der Waals surface area (Å²) < 4.78 is 12.7.